The Hall–Kier alpha value is -0.830. The number of imidazole rings is 1. The summed E-state index contributed by atoms with van der Waals surface area (Å²) in [5, 5.41) is 0. The molecule has 0 fully saturated rings. The summed E-state index contributed by atoms with van der Waals surface area (Å²) < 4.78 is 2.32. The van der Waals surface area contributed by atoms with Gasteiger partial charge in [-0.05, 0) is 33.1 Å². The first kappa shape index (κ1) is 8.75. The van der Waals surface area contributed by atoms with Crippen LogP contribution in [0.2, 0.25) is 0 Å². The lowest BCUT2D eigenvalue weighted by Gasteiger charge is -2.17. The van der Waals surface area contributed by atoms with E-state index in [0.717, 1.165) is 24.5 Å². The van der Waals surface area contributed by atoms with Crippen molar-refractivity contribution in [2.45, 2.75) is 45.7 Å². The second-order valence-electron chi connectivity index (χ2n) is 3.89. The molecule has 3 heteroatoms. The van der Waals surface area contributed by atoms with Crippen LogP contribution in [0.15, 0.2) is 0 Å². The maximum atomic E-state index is 5.88. The summed E-state index contributed by atoms with van der Waals surface area (Å²) in [7, 11) is 0. The van der Waals surface area contributed by atoms with E-state index in [2.05, 4.69) is 16.5 Å². The van der Waals surface area contributed by atoms with Crippen LogP contribution in [0.1, 0.15) is 43.0 Å². The molecule has 0 amide bonds. The largest absolute Gasteiger partial charge is 0.332 e. The lowest BCUT2D eigenvalue weighted by molar-refractivity contribution is 0.517. The smallest absolute Gasteiger partial charge is 0.106 e. The van der Waals surface area contributed by atoms with E-state index in [-0.39, 0.29) is 6.04 Å². The highest BCUT2D eigenvalue weighted by atomic mass is 15.1. The van der Waals surface area contributed by atoms with E-state index in [9.17, 15) is 0 Å². The van der Waals surface area contributed by atoms with E-state index in [1.165, 1.54) is 18.5 Å². The fourth-order valence-corrected chi connectivity index (χ4v) is 2.12. The highest BCUT2D eigenvalue weighted by Gasteiger charge is 2.19. The van der Waals surface area contributed by atoms with Gasteiger partial charge in [0.15, 0.2) is 0 Å². The van der Waals surface area contributed by atoms with Gasteiger partial charge in [0.2, 0.25) is 0 Å². The molecule has 0 aromatic carbocycles. The molecule has 1 aliphatic rings. The van der Waals surface area contributed by atoms with Crippen LogP contribution in [0.4, 0.5) is 0 Å². The minimum Gasteiger partial charge on any atom is -0.332 e. The zero-order chi connectivity index (χ0) is 9.42. The molecule has 1 aromatic rings. The molecule has 0 spiro atoms. The highest BCUT2D eigenvalue weighted by Crippen LogP contribution is 2.23. The number of fused-ring (bicyclic) bond motifs is 1. The molecule has 0 saturated heterocycles. The van der Waals surface area contributed by atoms with Crippen LogP contribution in [0, 0.1) is 6.92 Å². The van der Waals surface area contributed by atoms with Crippen LogP contribution in [-0.2, 0) is 13.0 Å². The minimum absolute atomic E-state index is 0.0769. The Morgan fingerprint density at radius 2 is 2.23 bits per heavy atom. The molecule has 1 unspecified atom stereocenters. The SMILES string of the molecule is Cc1nc(C(C)N)c2n1CCCC2. The van der Waals surface area contributed by atoms with Crippen LogP contribution < -0.4 is 5.73 Å². The van der Waals surface area contributed by atoms with Crippen molar-refractivity contribution >= 4 is 0 Å². The second kappa shape index (κ2) is 3.14. The number of hydrogen-bond donors (Lipinski definition) is 1. The van der Waals surface area contributed by atoms with Crippen LogP contribution in [-0.4, -0.2) is 9.55 Å². The lowest BCUT2D eigenvalue weighted by atomic mass is 10.1. The summed E-state index contributed by atoms with van der Waals surface area (Å²) in [5.41, 5.74) is 8.36. The van der Waals surface area contributed by atoms with E-state index in [1.54, 1.807) is 0 Å². The maximum Gasteiger partial charge on any atom is 0.106 e. The zero-order valence-electron chi connectivity index (χ0n) is 8.38. The second-order valence-corrected chi connectivity index (χ2v) is 3.89. The minimum atomic E-state index is 0.0769. The third-order valence-electron chi connectivity index (χ3n) is 2.77. The molecule has 1 aromatic heterocycles. The van der Waals surface area contributed by atoms with Gasteiger partial charge >= 0.3 is 0 Å². The van der Waals surface area contributed by atoms with Gasteiger partial charge in [0.05, 0.1) is 5.69 Å². The van der Waals surface area contributed by atoms with Gasteiger partial charge in [-0.3, -0.25) is 0 Å². The maximum absolute atomic E-state index is 5.88. The molecule has 0 saturated carbocycles. The van der Waals surface area contributed by atoms with Gasteiger partial charge in [0.1, 0.15) is 5.82 Å². The van der Waals surface area contributed by atoms with Gasteiger partial charge in [-0.2, -0.15) is 0 Å². The molecule has 1 atom stereocenters. The van der Waals surface area contributed by atoms with E-state index in [0.29, 0.717) is 0 Å². The van der Waals surface area contributed by atoms with E-state index in [1.807, 2.05) is 6.92 Å². The van der Waals surface area contributed by atoms with Crippen molar-refractivity contribution in [1.29, 1.82) is 0 Å². The molecule has 2 rings (SSSR count). The van der Waals surface area contributed by atoms with Crippen molar-refractivity contribution in [3.63, 3.8) is 0 Å². The third kappa shape index (κ3) is 1.37. The van der Waals surface area contributed by atoms with Crippen molar-refractivity contribution in [3.05, 3.63) is 17.2 Å². The summed E-state index contributed by atoms with van der Waals surface area (Å²) >= 11 is 0. The van der Waals surface area contributed by atoms with Gasteiger partial charge in [0, 0.05) is 18.3 Å². The number of nitrogens with two attached hydrogens (primary N) is 1. The zero-order valence-corrected chi connectivity index (χ0v) is 8.38. The number of nitrogens with zero attached hydrogens (tertiary/aromatic N) is 2. The first-order chi connectivity index (χ1) is 6.20. The average Bonchev–Trinajstić information content (AvgIpc) is 2.45. The van der Waals surface area contributed by atoms with Crippen LogP contribution in [0.5, 0.6) is 0 Å². The Labute approximate surface area is 79.0 Å². The molecule has 2 N–H and O–H groups in total. The van der Waals surface area contributed by atoms with E-state index in [4.69, 9.17) is 5.73 Å². The molecule has 1 aliphatic heterocycles. The Balaban J connectivity index is 2.47. The molecule has 3 nitrogen and oxygen atoms in total. The molecule has 13 heavy (non-hydrogen) atoms. The molecular formula is C10H17N3. The van der Waals surface area contributed by atoms with Gasteiger partial charge in [0.25, 0.3) is 0 Å². The van der Waals surface area contributed by atoms with Crippen molar-refractivity contribution in [3.8, 4) is 0 Å². The summed E-state index contributed by atoms with van der Waals surface area (Å²) in [6.07, 6.45) is 3.71. The van der Waals surface area contributed by atoms with Crippen molar-refractivity contribution in [2.75, 3.05) is 0 Å². The number of aryl methyl sites for hydroxylation is 1. The fourth-order valence-electron chi connectivity index (χ4n) is 2.12. The van der Waals surface area contributed by atoms with Gasteiger partial charge in [-0.15, -0.1) is 0 Å². The standard InChI is InChI=1S/C10H17N3/c1-7(11)10-9-5-3-4-6-13(9)8(2)12-10/h7H,3-6,11H2,1-2H3. The first-order valence-corrected chi connectivity index (χ1v) is 5.01. The Bertz CT molecular complexity index is 312. The number of aromatic nitrogens is 2. The van der Waals surface area contributed by atoms with Gasteiger partial charge < -0.3 is 10.3 Å². The Morgan fingerprint density at radius 3 is 2.92 bits per heavy atom. The van der Waals surface area contributed by atoms with E-state index < -0.39 is 0 Å². The monoisotopic (exact) mass is 179 g/mol. The summed E-state index contributed by atoms with van der Waals surface area (Å²) in [6.45, 7) is 5.21. The van der Waals surface area contributed by atoms with Crippen LogP contribution >= 0.6 is 0 Å². The van der Waals surface area contributed by atoms with Crippen molar-refractivity contribution in [2.24, 2.45) is 5.73 Å². The van der Waals surface area contributed by atoms with Crippen LogP contribution in [0.25, 0.3) is 0 Å². The van der Waals surface area contributed by atoms with Gasteiger partial charge in [-0.25, -0.2) is 4.98 Å². The summed E-state index contributed by atoms with van der Waals surface area (Å²) in [5.74, 6) is 1.13. The molecule has 0 aliphatic carbocycles. The normalized spacial score (nSPS) is 18.4. The predicted octanol–water partition coefficient (Wildman–Crippen LogP) is 1.55. The van der Waals surface area contributed by atoms with Crippen LogP contribution in [0.3, 0.4) is 0 Å². The highest BCUT2D eigenvalue weighted by molar-refractivity contribution is 5.21. The van der Waals surface area contributed by atoms with Crippen molar-refractivity contribution < 1.29 is 0 Å². The molecule has 0 bridgehead atoms. The molecule has 2 heterocycles. The number of hydrogen-bond acceptors (Lipinski definition) is 2. The topological polar surface area (TPSA) is 43.8 Å². The number of rotatable bonds is 1. The predicted molar refractivity (Wildman–Crippen MR) is 52.5 cm³/mol. The fraction of sp³-hybridized carbons (Fsp3) is 0.700. The Kier molecular flexibility index (Phi) is 2.12. The van der Waals surface area contributed by atoms with E-state index >= 15 is 0 Å². The average molecular weight is 179 g/mol. The molecule has 0 radical (unpaired) electrons. The molecular weight excluding hydrogens is 162 g/mol. The van der Waals surface area contributed by atoms with Gasteiger partial charge in [-0.1, -0.05) is 0 Å². The lowest BCUT2D eigenvalue weighted by Crippen LogP contribution is -2.14. The first-order valence-electron chi connectivity index (χ1n) is 5.01. The van der Waals surface area contributed by atoms with Crippen molar-refractivity contribution in [1.82, 2.24) is 9.55 Å². The Morgan fingerprint density at radius 1 is 1.46 bits per heavy atom. The summed E-state index contributed by atoms with van der Waals surface area (Å²) in [4.78, 5) is 4.53. The third-order valence-corrected chi connectivity index (χ3v) is 2.77. The quantitative estimate of drug-likeness (QED) is 0.710. The molecule has 72 valence electrons. The summed E-state index contributed by atoms with van der Waals surface area (Å²) in [6, 6.07) is 0.0769.